The van der Waals surface area contributed by atoms with Crippen molar-refractivity contribution in [3.63, 3.8) is 0 Å². The van der Waals surface area contributed by atoms with Crippen molar-refractivity contribution in [3.05, 3.63) is 46.8 Å². The first-order valence-electron chi connectivity index (χ1n) is 5.87. The van der Waals surface area contributed by atoms with E-state index in [4.69, 9.17) is 0 Å². The van der Waals surface area contributed by atoms with E-state index in [0.29, 0.717) is 0 Å². The molecule has 0 aliphatic rings. The first kappa shape index (κ1) is 11.7. The third kappa shape index (κ3) is 2.67. The van der Waals surface area contributed by atoms with Gasteiger partial charge < -0.3 is 5.32 Å². The standard InChI is InChI=1S/C14H19N3/c1-10-5-6-14(11(2)7-10)15-9-13-8-12(3)16-17(13)4/h5-8,15H,9H2,1-4H3. The molecule has 0 saturated carbocycles. The summed E-state index contributed by atoms with van der Waals surface area (Å²) >= 11 is 0. The molecule has 0 aliphatic carbocycles. The molecule has 3 nitrogen and oxygen atoms in total. The highest BCUT2D eigenvalue weighted by atomic mass is 15.3. The Balaban J connectivity index is 2.10. The topological polar surface area (TPSA) is 29.9 Å². The smallest absolute Gasteiger partial charge is 0.0597 e. The molecule has 0 fully saturated rings. The van der Waals surface area contributed by atoms with Gasteiger partial charge in [-0.3, -0.25) is 4.68 Å². The summed E-state index contributed by atoms with van der Waals surface area (Å²) in [4.78, 5) is 0. The van der Waals surface area contributed by atoms with Gasteiger partial charge in [-0.05, 0) is 38.5 Å². The van der Waals surface area contributed by atoms with E-state index in [1.54, 1.807) is 0 Å². The summed E-state index contributed by atoms with van der Waals surface area (Å²) in [5.41, 5.74) is 6.02. The molecule has 0 saturated heterocycles. The lowest BCUT2D eigenvalue weighted by atomic mass is 10.1. The maximum atomic E-state index is 4.34. The molecule has 1 aromatic carbocycles. The molecule has 0 aliphatic heterocycles. The zero-order valence-electron chi connectivity index (χ0n) is 10.9. The number of nitrogens with zero attached hydrogens (tertiary/aromatic N) is 2. The molecule has 1 aromatic heterocycles. The van der Waals surface area contributed by atoms with Crippen molar-refractivity contribution in [2.75, 3.05) is 5.32 Å². The quantitative estimate of drug-likeness (QED) is 0.877. The SMILES string of the molecule is Cc1ccc(NCc2cc(C)nn2C)c(C)c1. The summed E-state index contributed by atoms with van der Waals surface area (Å²) < 4.78 is 1.92. The van der Waals surface area contributed by atoms with Crippen LogP contribution < -0.4 is 5.32 Å². The van der Waals surface area contributed by atoms with Crippen LogP contribution >= 0.6 is 0 Å². The van der Waals surface area contributed by atoms with Gasteiger partial charge in [-0.25, -0.2) is 0 Å². The van der Waals surface area contributed by atoms with Crippen LogP contribution in [0.2, 0.25) is 0 Å². The summed E-state index contributed by atoms with van der Waals surface area (Å²) in [6.07, 6.45) is 0. The van der Waals surface area contributed by atoms with E-state index in [-0.39, 0.29) is 0 Å². The van der Waals surface area contributed by atoms with Crippen LogP contribution in [0.4, 0.5) is 5.69 Å². The first-order chi connectivity index (χ1) is 8.06. The van der Waals surface area contributed by atoms with Crippen LogP contribution in [0.5, 0.6) is 0 Å². The van der Waals surface area contributed by atoms with Gasteiger partial charge in [0.15, 0.2) is 0 Å². The van der Waals surface area contributed by atoms with E-state index in [0.717, 1.165) is 12.2 Å². The van der Waals surface area contributed by atoms with Crippen molar-refractivity contribution < 1.29 is 0 Å². The lowest BCUT2D eigenvalue weighted by molar-refractivity contribution is 0.713. The molecule has 0 bridgehead atoms. The molecule has 1 heterocycles. The molecule has 0 spiro atoms. The van der Waals surface area contributed by atoms with Crippen LogP contribution in [0.1, 0.15) is 22.5 Å². The van der Waals surface area contributed by atoms with Crippen LogP contribution in [0.15, 0.2) is 24.3 Å². The molecule has 0 atom stereocenters. The third-order valence-electron chi connectivity index (χ3n) is 2.94. The molecule has 0 radical (unpaired) electrons. The fraction of sp³-hybridized carbons (Fsp3) is 0.357. The maximum Gasteiger partial charge on any atom is 0.0597 e. The zero-order valence-corrected chi connectivity index (χ0v) is 10.9. The second-order valence-corrected chi connectivity index (χ2v) is 4.57. The van der Waals surface area contributed by atoms with E-state index in [1.807, 2.05) is 18.7 Å². The minimum Gasteiger partial charge on any atom is -0.379 e. The minimum absolute atomic E-state index is 0.807. The van der Waals surface area contributed by atoms with Crippen molar-refractivity contribution in [1.82, 2.24) is 9.78 Å². The van der Waals surface area contributed by atoms with Gasteiger partial charge in [0, 0.05) is 12.7 Å². The zero-order chi connectivity index (χ0) is 12.4. The van der Waals surface area contributed by atoms with Crippen molar-refractivity contribution >= 4 is 5.69 Å². The maximum absolute atomic E-state index is 4.34. The summed E-state index contributed by atoms with van der Waals surface area (Å²) in [6.45, 7) is 7.06. The van der Waals surface area contributed by atoms with Crippen molar-refractivity contribution in [1.29, 1.82) is 0 Å². The number of aromatic nitrogens is 2. The number of aryl methyl sites for hydroxylation is 4. The van der Waals surface area contributed by atoms with Gasteiger partial charge in [-0.15, -0.1) is 0 Å². The number of rotatable bonds is 3. The summed E-state index contributed by atoms with van der Waals surface area (Å²) in [6, 6.07) is 8.56. The Bertz CT molecular complexity index is 526. The van der Waals surface area contributed by atoms with Gasteiger partial charge in [-0.2, -0.15) is 5.10 Å². The second kappa shape index (κ2) is 4.62. The number of hydrogen-bond acceptors (Lipinski definition) is 2. The van der Waals surface area contributed by atoms with Crippen LogP contribution in [0.25, 0.3) is 0 Å². The Morgan fingerprint density at radius 2 is 1.94 bits per heavy atom. The number of anilines is 1. The highest BCUT2D eigenvalue weighted by Crippen LogP contribution is 2.17. The monoisotopic (exact) mass is 229 g/mol. The summed E-state index contributed by atoms with van der Waals surface area (Å²) in [7, 11) is 1.98. The first-order valence-corrected chi connectivity index (χ1v) is 5.87. The van der Waals surface area contributed by atoms with Crippen LogP contribution in [-0.4, -0.2) is 9.78 Å². The van der Waals surface area contributed by atoms with Crippen molar-refractivity contribution in [3.8, 4) is 0 Å². The Labute approximate surface area is 102 Å². The van der Waals surface area contributed by atoms with E-state index in [2.05, 4.69) is 48.5 Å². The molecular weight excluding hydrogens is 210 g/mol. The van der Waals surface area contributed by atoms with E-state index in [1.165, 1.54) is 22.5 Å². The van der Waals surface area contributed by atoms with E-state index >= 15 is 0 Å². The fourth-order valence-electron chi connectivity index (χ4n) is 2.03. The lowest BCUT2D eigenvalue weighted by Crippen LogP contribution is -2.06. The number of benzene rings is 1. The average molecular weight is 229 g/mol. The van der Waals surface area contributed by atoms with E-state index < -0.39 is 0 Å². The minimum atomic E-state index is 0.807. The van der Waals surface area contributed by atoms with Gasteiger partial charge in [0.25, 0.3) is 0 Å². The molecule has 2 rings (SSSR count). The average Bonchev–Trinajstić information content (AvgIpc) is 2.56. The molecule has 0 unspecified atom stereocenters. The Hall–Kier alpha value is -1.77. The highest BCUT2D eigenvalue weighted by Gasteiger charge is 2.03. The normalized spacial score (nSPS) is 10.6. The lowest BCUT2D eigenvalue weighted by Gasteiger charge is -2.10. The molecule has 2 aromatic rings. The molecule has 3 heteroatoms. The van der Waals surface area contributed by atoms with Gasteiger partial charge in [0.05, 0.1) is 17.9 Å². The predicted molar refractivity (Wildman–Crippen MR) is 71.2 cm³/mol. The third-order valence-corrected chi connectivity index (χ3v) is 2.94. The Morgan fingerprint density at radius 3 is 2.53 bits per heavy atom. The van der Waals surface area contributed by atoms with Crippen molar-refractivity contribution in [2.45, 2.75) is 27.3 Å². The molecule has 90 valence electrons. The number of nitrogens with one attached hydrogen (secondary N) is 1. The van der Waals surface area contributed by atoms with Crippen LogP contribution in [0.3, 0.4) is 0 Å². The van der Waals surface area contributed by atoms with Gasteiger partial charge in [0.2, 0.25) is 0 Å². The molecule has 0 amide bonds. The van der Waals surface area contributed by atoms with E-state index in [9.17, 15) is 0 Å². The van der Waals surface area contributed by atoms with Gasteiger partial charge in [-0.1, -0.05) is 17.7 Å². The summed E-state index contributed by atoms with van der Waals surface area (Å²) in [5.74, 6) is 0. The molecular formula is C14H19N3. The van der Waals surface area contributed by atoms with Gasteiger partial charge >= 0.3 is 0 Å². The van der Waals surface area contributed by atoms with Gasteiger partial charge in [0.1, 0.15) is 0 Å². The van der Waals surface area contributed by atoms with Crippen molar-refractivity contribution in [2.24, 2.45) is 7.05 Å². The van der Waals surface area contributed by atoms with Crippen LogP contribution in [0, 0.1) is 20.8 Å². The predicted octanol–water partition coefficient (Wildman–Crippen LogP) is 2.96. The largest absolute Gasteiger partial charge is 0.379 e. The molecule has 17 heavy (non-hydrogen) atoms. The Morgan fingerprint density at radius 1 is 1.18 bits per heavy atom. The molecule has 1 N–H and O–H groups in total. The van der Waals surface area contributed by atoms with Crippen LogP contribution in [-0.2, 0) is 13.6 Å². The highest BCUT2D eigenvalue weighted by molar-refractivity contribution is 5.52. The Kier molecular flexibility index (Phi) is 3.18. The fourth-order valence-corrected chi connectivity index (χ4v) is 2.03. The number of hydrogen-bond donors (Lipinski definition) is 1. The summed E-state index contributed by atoms with van der Waals surface area (Å²) in [5, 5.41) is 7.79. The second-order valence-electron chi connectivity index (χ2n) is 4.57.